The highest BCUT2D eigenvalue weighted by atomic mass is 16.1. The Morgan fingerprint density at radius 1 is 1.19 bits per heavy atom. The van der Waals surface area contributed by atoms with Gasteiger partial charge in [-0.1, -0.05) is 43.4 Å². The van der Waals surface area contributed by atoms with E-state index in [1.54, 1.807) is 6.33 Å². The second-order valence-corrected chi connectivity index (χ2v) is 7.35. The van der Waals surface area contributed by atoms with Crippen molar-refractivity contribution in [3.8, 4) is 0 Å². The highest BCUT2D eigenvalue weighted by Crippen LogP contribution is 2.22. The summed E-state index contributed by atoms with van der Waals surface area (Å²) >= 11 is 0. The molecule has 3 aromatic heterocycles. The summed E-state index contributed by atoms with van der Waals surface area (Å²) in [5.41, 5.74) is 5.14. The molecule has 0 spiro atoms. The number of rotatable bonds is 6. The lowest BCUT2D eigenvalue weighted by atomic mass is 10.2. The highest BCUT2D eigenvalue weighted by Gasteiger charge is 2.20. The van der Waals surface area contributed by atoms with Crippen LogP contribution in [0.25, 0.3) is 23.3 Å². The summed E-state index contributed by atoms with van der Waals surface area (Å²) in [6.45, 7) is 2.03. The molecule has 5 rings (SSSR count). The monoisotopic (exact) mass is 426 g/mol. The summed E-state index contributed by atoms with van der Waals surface area (Å²) < 4.78 is 1.52. The van der Waals surface area contributed by atoms with Crippen molar-refractivity contribution in [2.45, 2.75) is 25.8 Å². The minimum absolute atomic E-state index is 0.161. The Hall–Kier alpha value is -4.27. The zero-order valence-electron chi connectivity index (χ0n) is 17.5. The molecule has 1 unspecified atom stereocenters. The molecule has 3 N–H and O–H groups in total. The van der Waals surface area contributed by atoms with Crippen LogP contribution in [0.1, 0.15) is 31.6 Å². The highest BCUT2D eigenvalue weighted by molar-refractivity contribution is 5.82. The predicted molar refractivity (Wildman–Crippen MR) is 124 cm³/mol. The van der Waals surface area contributed by atoms with E-state index in [0.29, 0.717) is 39.8 Å². The number of aromatic amines is 1. The van der Waals surface area contributed by atoms with Gasteiger partial charge in [0, 0.05) is 0 Å². The number of fused-ring (bicyclic) bond motifs is 2. The van der Waals surface area contributed by atoms with Crippen LogP contribution in [0.5, 0.6) is 0 Å². The fourth-order valence-electron chi connectivity index (χ4n) is 3.67. The van der Waals surface area contributed by atoms with Gasteiger partial charge in [-0.3, -0.25) is 10.2 Å². The largest absolute Gasteiger partial charge is 0.358 e. The fraction of sp³-hybridized carbons (Fsp3) is 0.174. The molecule has 1 aliphatic carbocycles. The Morgan fingerprint density at radius 3 is 2.91 bits per heavy atom. The number of anilines is 2. The van der Waals surface area contributed by atoms with Gasteiger partial charge in [0.25, 0.3) is 5.56 Å². The molecule has 1 aliphatic rings. The normalized spacial score (nSPS) is 13.5. The predicted octanol–water partition coefficient (Wildman–Crippen LogP) is 1.87. The molecule has 1 aromatic carbocycles. The Balaban J connectivity index is 1.66. The summed E-state index contributed by atoms with van der Waals surface area (Å²) in [5.74, 6) is 1.17. The van der Waals surface area contributed by atoms with E-state index >= 15 is 0 Å². The third-order valence-electron chi connectivity index (χ3n) is 5.29. The smallest absolute Gasteiger partial charge is 0.280 e. The second-order valence-electron chi connectivity index (χ2n) is 7.35. The standard InChI is InChI=1S/C23H22N8O/c1-2-17(28-21-19-20(25-13-24-19)26-14-27-21)22-29-18-12-8-4-7-11-16(18)23(32)31(22)30-15-9-5-3-6-10-15/h3-7,9-14,17,30H,2,8H2,1H3,(H2,24,25,26,27,28). The van der Waals surface area contributed by atoms with Crippen molar-refractivity contribution in [2.75, 3.05) is 10.7 Å². The third kappa shape index (κ3) is 3.64. The number of para-hydroxylation sites is 1. The van der Waals surface area contributed by atoms with Crippen LogP contribution >= 0.6 is 0 Å². The number of nitrogens with one attached hydrogen (secondary N) is 3. The first-order chi connectivity index (χ1) is 15.7. The molecule has 4 aromatic rings. The Labute approximate surface area is 183 Å². The lowest BCUT2D eigenvalue weighted by molar-refractivity contribution is 0.625. The van der Waals surface area contributed by atoms with Gasteiger partial charge in [-0.25, -0.2) is 24.6 Å². The molecule has 160 valence electrons. The van der Waals surface area contributed by atoms with Crippen molar-refractivity contribution in [1.82, 2.24) is 29.6 Å². The third-order valence-corrected chi connectivity index (χ3v) is 5.29. The number of aromatic nitrogens is 6. The molecule has 9 nitrogen and oxygen atoms in total. The maximum atomic E-state index is 13.5. The van der Waals surface area contributed by atoms with Crippen molar-refractivity contribution in [3.63, 3.8) is 0 Å². The number of allylic oxidation sites excluding steroid dienone is 2. The van der Waals surface area contributed by atoms with E-state index in [1.807, 2.05) is 61.6 Å². The van der Waals surface area contributed by atoms with Crippen LogP contribution in [-0.4, -0.2) is 29.6 Å². The van der Waals surface area contributed by atoms with Gasteiger partial charge in [0.2, 0.25) is 0 Å². The topological polar surface area (TPSA) is 113 Å². The molecule has 1 atom stereocenters. The van der Waals surface area contributed by atoms with Gasteiger partial charge in [-0.15, -0.1) is 0 Å². The number of hydrogen-bond donors (Lipinski definition) is 3. The molecule has 3 heterocycles. The van der Waals surface area contributed by atoms with Gasteiger partial charge in [0.15, 0.2) is 17.3 Å². The summed E-state index contributed by atoms with van der Waals surface area (Å²) in [6, 6.07) is 9.28. The zero-order chi connectivity index (χ0) is 21.9. The molecule has 0 saturated carbocycles. The van der Waals surface area contributed by atoms with Gasteiger partial charge in [0.05, 0.1) is 28.6 Å². The quantitative estimate of drug-likeness (QED) is 0.431. The van der Waals surface area contributed by atoms with Crippen LogP contribution in [-0.2, 0) is 0 Å². The van der Waals surface area contributed by atoms with Gasteiger partial charge in [-0.05, 0) is 31.1 Å². The molecule has 0 amide bonds. The summed E-state index contributed by atoms with van der Waals surface area (Å²) in [5, 5.41) is 4.66. The lowest BCUT2D eigenvalue weighted by Crippen LogP contribution is -2.51. The number of benzene rings is 1. The summed E-state index contributed by atoms with van der Waals surface area (Å²) in [7, 11) is 0. The summed E-state index contributed by atoms with van der Waals surface area (Å²) in [4.78, 5) is 34.3. The van der Waals surface area contributed by atoms with Crippen LogP contribution in [0.2, 0.25) is 0 Å². The van der Waals surface area contributed by atoms with Crippen molar-refractivity contribution >= 4 is 34.8 Å². The van der Waals surface area contributed by atoms with Crippen molar-refractivity contribution in [2.24, 2.45) is 0 Å². The molecule has 0 bridgehead atoms. The van der Waals surface area contributed by atoms with Crippen molar-refractivity contribution in [1.29, 1.82) is 0 Å². The van der Waals surface area contributed by atoms with Crippen LogP contribution in [0.15, 0.2) is 59.9 Å². The van der Waals surface area contributed by atoms with E-state index in [1.165, 1.54) is 11.0 Å². The number of nitrogens with zero attached hydrogens (tertiary/aromatic N) is 5. The first-order valence-corrected chi connectivity index (χ1v) is 10.5. The van der Waals surface area contributed by atoms with Crippen molar-refractivity contribution in [3.05, 3.63) is 81.9 Å². The van der Waals surface area contributed by atoms with Crippen LogP contribution < -0.4 is 26.9 Å². The Morgan fingerprint density at radius 2 is 2.06 bits per heavy atom. The average Bonchev–Trinajstić information content (AvgIpc) is 3.18. The maximum absolute atomic E-state index is 13.5. The molecule has 0 saturated heterocycles. The molecule has 0 radical (unpaired) electrons. The van der Waals surface area contributed by atoms with E-state index in [9.17, 15) is 4.79 Å². The SMILES string of the molecule is CCC(Nc1ncnc2nc[nH]c12)c1nc2c(c(=O)n1Nc1ccccc1)=CC=CCC=2. The van der Waals surface area contributed by atoms with Crippen LogP contribution in [0, 0.1) is 0 Å². The molecule has 32 heavy (non-hydrogen) atoms. The molecule has 0 fully saturated rings. The van der Waals surface area contributed by atoms with E-state index in [-0.39, 0.29) is 11.6 Å². The van der Waals surface area contributed by atoms with E-state index < -0.39 is 0 Å². The molecule has 0 aliphatic heterocycles. The molecular weight excluding hydrogens is 404 g/mol. The average molecular weight is 426 g/mol. The minimum atomic E-state index is -0.296. The van der Waals surface area contributed by atoms with Gasteiger partial charge in [0.1, 0.15) is 11.8 Å². The Bertz CT molecular complexity index is 1470. The van der Waals surface area contributed by atoms with Crippen LogP contribution in [0.3, 0.4) is 0 Å². The Kier molecular flexibility index (Phi) is 5.20. The maximum Gasteiger partial charge on any atom is 0.280 e. The zero-order valence-corrected chi connectivity index (χ0v) is 17.5. The molecular formula is C23H22N8O. The van der Waals surface area contributed by atoms with E-state index in [0.717, 1.165) is 12.1 Å². The fourth-order valence-corrected chi connectivity index (χ4v) is 3.67. The number of imidazole rings is 1. The van der Waals surface area contributed by atoms with Gasteiger partial charge >= 0.3 is 0 Å². The van der Waals surface area contributed by atoms with Crippen LogP contribution in [0.4, 0.5) is 11.5 Å². The first-order valence-electron chi connectivity index (χ1n) is 10.5. The van der Waals surface area contributed by atoms with Crippen molar-refractivity contribution < 1.29 is 0 Å². The number of hydrogen-bond acceptors (Lipinski definition) is 7. The van der Waals surface area contributed by atoms with E-state index in [2.05, 4.69) is 30.7 Å². The lowest BCUT2D eigenvalue weighted by Gasteiger charge is -2.22. The first kappa shape index (κ1) is 19.7. The molecule has 9 heteroatoms. The summed E-state index contributed by atoms with van der Waals surface area (Å²) in [6.07, 6.45) is 12.1. The van der Waals surface area contributed by atoms with Gasteiger partial charge in [-0.2, -0.15) is 0 Å². The number of H-pyrrole nitrogens is 1. The second kappa shape index (κ2) is 8.46. The van der Waals surface area contributed by atoms with Gasteiger partial charge < -0.3 is 10.3 Å². The minimum Gasteiger partial charge on any atom is -0.358 e. The van der Waals surface area contributed by atoms with E-state index in [4.69, 9.17) is 4.98 Å².